The molecule has 3 heterocycles. The van der Waals surface area contributed by atoms with Gasteiger partial charge in [0.2, 0.25) is 6.29 Å². The number of hydrogen-bond donors (Lipinski definition) is 6. The summed E-state index contributed by atoms with van der Waals surface area (Å²) in [5.74, 6) is -2.45. The minimum Gasteiger partial charge on any atom is -0.454 e. The molecule has 34 heavy (non-hydrogen) atoms. The summed E-state index contributed by atoms with van der Waals surface area (Å²) >= 11 is 1.65. The van der Waals surface area contributed by atoms with Crippen LogP contribution >= 0.6 is 11.3 Å². The summed E-state index contributed by atoms with van der Waals surface area (Å²) < 4.78 is 10.8. The minimum absolute atomic E-state index is 0.197. The Balaban J connectivity index is 1.44. The number of fused-ring (bicyclic) bond motifs is 1. The zero-order chi connectivity index (χ0) is 23.9. The van der Waals surface area contributed by atoms with Crippen LogP contribution in [-0.4, -0.2) is 67.5 Å². The molecule has 0 radical (unpaired) electrons. The van der Waals surface area contributed by atoms with E-state index >= 15 is 0 Å². The van der Waals surface area contributed by atoms with Crippen LogP contribution < -0.4 is 4.74 Å². The Morgan fingerprint density at radius 2 is 1.82 bits per heavy atom. The maximum atomic E-state index is 10.9. The van der Waals surface area contributed by atoms with Crippen LogP contribution in [0.1, 0.15) is 11.1 Å². The van der Waals surface area contributed by atoms with E-state index in [1.54, 1.807) is 23.5 Å². The van der Waals surface area contributed by atoms with Crippen LogP contribution in [0.15, 0.2) is 65.5 Å². The van der Waals surface area contributed by atoms with Gasteiger partial charge in [-0.1, -0.05) is 30.3 Å². The lowest BCUT2D eigenvalue weighted by atomic mass is 9.95. The number of hydrogen-bond acceptors (Lipinski definition) is 8. The van der Waals surface area contributed by atoms with Gasteiger partial charge in [0, 0.05) is 17.1 Å². The van der Waals surface area contributed by atoms with Gasteiger partial charge in [0.1, 0.15) is 18.0 Å². The Kier molecular flexibility index (Phi) is 6.17. The molecule has 0 amide bonds. The second-order valence-electron chi connectivity index (χ2n) is 8.38. The van der Waals surface area contributed by atoms with E-state index in [-0.39, 0.29) is 5.75 Å². The number of benzene rings is 2. The largest absolute Gasteiger partial charge is 0.454 e. The molecule has 5 rings (SSSR count). The predicted octanol–water partition coefficient (Wildman–Crippen LogP) is 1.99. The molecule has 0 saturated carbocycles. The van der Waals surface area contributed by atoms with Gasteiger partial charge in [-0.2, -0.15) is 11.3 Å². The van der Waals surface area contributed by atoms with Crippen molar-refractivity contribution in [1.29, 1.82) is 0 Å². The van der Waals surface area contributed by atoms with E-state index in [9.17, 15) is 25.5 Å². The van der Waals surface area contributed by atoms with Gasteiger partial charge >= 0.3 is 0 Å². The standard InChI is InChI=1S/C25H25NO7S/c27-12-20-22(28)23(29)25(31,24(30)32-20)33-19-3-1-2-18-21(19)17(11-26-18)10-14-4-6-15(7-5-14)16-8-9-34-13-16/h1-9,11,13,20,22-24,26-31H,10,12H2/t20-,22-,23+,24-,25+/m1/s1. The number of rotatable bonds is 6. The van der Waals surface area contributed by atoms with Crippen LogP contribution in [0.5, 0.6) is 5.75 Å². The number of aliphatic hydroxyl groups excluding tert-OH is 4. The molecule has 0 aliphatic carbocycles. The van der Waals surface area contributed by atoms with Gasteiger partial charge < -0.3 is 40.0 Å². The molecule has 1 aliphatic heterocycles. The van der Waals surface area contributed by atoms with Crippen molar-refractivity contribution in [2.24, 2.45) is 0 Å². The summed E-state index contributed by atoms with van der Waals surface area (Å²) in [5.41, 5.74) is 4.99. The van der Waals surface area contributed by atoms with Gasteiger partial charge in [0.25, 0.3) is 5.79 Å². The highest BCUT2D eigenvalue weighted by Crippen LogP contribution is 2.37. The van der Waals surface area contributed by atoms with Crippen molar-refractivity contribution in [2.45, 2.75) is 36.8 Å². The number of aromatic nitrogens is 1. The van der Waals surface area contributed by atoms with Gasteiger partial charge in [-0.25, -0.2) is 0 Å². The number of aliphatic hydroxyl groups is 5. The van der Waals surface area contributed by atoms with Crippen molar-refractivity contribution in [2.75, 3.05) is 6.61 Å². The Morgan fingerprint density at radius 3 is 2.53 bits per heavy atom. The molecule has 5 atom stereocenters. The Labute approximate surface area is 199 Å². The molecule has 0 spiro atoms. The van der Waals surface area contributed by atoms with Gasteiger partial charge in [-0.05, 0) is 57.6 Å². The molecule has 1 fully saturated rings. The summed E-state index contributed by atoms with van der Waals surface area (Å²) in [6.45, 7) is -0.645. The lowest BCUT2D eigenvalue weighted by Crippen LogP contribution is -2.69. The number of H-pyrrole nitrogens is 1. The molecule has 8 nitrogen and oxygen atoms in total. The zero-order valence-corrected chi connectivity index (χ0v) is 18.9. The van der Waals surface area contributed by atoms with E-state index in [0.29, 0.717) is 11.8 Å². The summed E-state index contributed by atoms with van der Waals surface area (Å²) in [5, 5.41) is 56.0. The van der Waals surface area contributed by atoms with E-state index in [1.165, 1.54) is 5.56 Å². The van der Waals surface area contributed by atoms with Crippen LogP contribution in [0.4, 0.5) is 0 Å². The van der Waals surface area contributed by atoms with E-state index < -0.39 is 37.0 Å². The summed E-state index contributed by atoms with van der Waals surface area (Å²) in [4.78, 5) is 3.18. The number of thiophene rings is 1. The van der Waals surface area contributed by atoms with Crippen molar-refractivity contribution >= 4 is 22.2 Å². The third kappa shape index (κ3) is 4.01. The first-order valence-corrected chi connectivity index (χ1v) is 11.8. The topological polar surface area (TPSA) is 135 Å². The Hall–Kier alpha value is -2.76. The Bertz CT molecular complexity index is 1260. The normalized spacial score (nSPS) is 27.2. The van der Waals surface area contributed by atoms with E-state index in [4.69, 9.17) is 9.47 Å². The van der Waals surface area contributed by atoms with Crippen LogP contribution in [0, 0.1) is 0 Å². The average Bonchev–Trinajstić information content (AvgIpc) is 3.52. The molecule has 1 saturated heterocycles. The fourth-order valence-electron chi connectivity index (χ4n) is 4.28. The lowest BCUT2D eigenvalue weighted by molar-refractivity contribution is -0.385. The number of ether oxygens (including phenoxy) is 2. The third-order valence-corrected chi connectivity index (χ3v) is 6.87. The first-order chi connectivity index (χ1) is 16.4. The second-order valence-corrected chi connectivity index (χ2v) is 9.16. The summed E-state index contributed by atoms with van der Waals surface area (Å²) in [6.07, 6.45) is -4.43. The zero-order valence-electron chi connectivity index (χ0n) is 18.0. The monoisotopic (exact) mass is 483 g/mol. The Morgan fingerprint density at radius 1 is 1.03 bits per heavy atom. The fraction of sp³-hybridized carbons (Fsp3) is 0.280. The van der Waals surface area contributed by atoms with Crippen LogP contribution in [-0.2, 0) is 11.2 Å². The fourth-order valence-corrected chi connectivity index (χ4v) is 4.95. The maximum Gasteiger partial charge on any atom is 0.288 e. The molecule has 2 aromatic carbocycles. The van der Waals surface area contributed by atoms with Crippen LogP contribution in [0.3, 0.4) is 0 Å². The second kappa shape index (κ2) is 9.12. The molecule has 1 aliphatic rings. The van der Waals surface area contributed by atoms with Crippen molar-refractivity contribution < 1.29 is 35.0 Å². The molecule has 178 valence electrons. The summed E-state index contributed by atoms with van der Waals surface area (Å²) in [7, 11) is 0. The molecular weight excluding hydrogens is 458 g/mol. The van der Waals surface area contributed by atoms with E-state index in [1.807, 2.05) is 17.6 Å². The highest BCUT2D eigenvalue weighted by Gasteiger charge is 2.57. The van der Waals surface area contributed by atoms with Crippen molar-refractivity contribution in [3.05, 3.63) is 76.6 Å². The molecule has 9 heteroatoms. The first-order valence-electron chi connectivity index (χ1n) is 10.8. The smallest absolute Gasteiger partial charge is 0.288 e. The average molecular weight is 484 g/mol. The quantitative estimate of drug-likeness (QED) is 0.231. The first kappa shape index (κ1) is 23.0. The van der Waals surface area contributed by atoms with Crippen molar-refractivity contribution in [3.63, 3.8) is 0 Å². The van der Waals surface area contributed by atoms with Crippen molar-refractivity contribution in [1.82, 2.24) is 4.98 Å². The molecule has 4 aromatic rings. The molecule has 2 aromatic heterocycles. The molecule has 6 N–H and O–H groups in total. The lowest BCUT2D eigenvalue weighted by Gasteiger charge is -2.45. The SMILES string of the molecule is OC[C@H]1O[C@@H](O)[C@@](O)(Oc2cccc3[nH]cc(Cc4ccc(-c5ccsc5)cc4)c23)[C@@H](O)[C@@H]1O. The highest BCUT2D eigenvalue weighted by atomic mass is 32.1. The predicted molar refractivity (Wildman–Crippen MR) is 126 cm³/mol. The molecular formula is C25H25NO7S. The highest BCUT2D eigenvalue weighted by molar-refractivity contribution is 7.08. The third-order valence-electron chi connectivity index (χ3n) is 6.19. The van der Waals surface area contributed by atoms with Crippen LogP contribution in [0.2, 0.25) is 0 Å². The molecule has 0 unspecified atom stereocenters. The maximum absolute atomic E-state index is 10.9. The van der Waals surface area contributed by atoms with Gasteiger partial charge in [-0.3, -0.25) is 0 Å². The van der Waals surface area contributed by atoms with Gasteiger partial charge in [0.15, 0.2) is 6.10 Å². The van der Waals surface area contributed by atoms with E-state index in [0.717, 1.165) is 22.2 Å². The van der Waals surface area contributed by atoms with Crippen LogP contribution in [0.25, 0.3) is 22.0 Å². The summed E-state index contributed by atoms with van der Waals surface area (Å²) in [6, 6.07) is 15.5. The number of aromatic amines is 1. The van der Waals surface area contributed by atoms with Crippen molar-refractivity contribution in [3.8, 4) is 16.9 Å². The van der Waals surface area contributed by atoms with Gasteiger partial charge in [0.05, 0.1) is 6.61 Å². The minimum atomic E-state index is -2.64. The number of nitrogens with one attached hydrogen (secondary N) is 1. The van der Waals surface area contributed by atoms with E-state index in [2.05, 4.69) is 40.7 Å². The molecule has 0 bridgehead atoms. The van der Waals surface area contributed by atoms with Gasteiger partial charge in [-0.15, -0.1) is 0 Å².